The van der Waals surface area contributed by atoms with Crippen molar-refractivity contribution < 1.29 is 14.6 Å². The van der Waals surface area contributed by atoms with Gasteiger partial charge in [-0.25, -0.2) is 14.8 Å². The van der Waals surface area contributed by atoms with E-state index in [1.807, 2.05) is 18.7 Å². The van der Waals surface area contributed by atoms with Crippen LogP contribution < -0.4 is 9.64 Å². The summed E-state index contributed by atoms with van der Waals surface area (Å²) in [6.45, 7) is 4.94. The summed E-state index contributed by atoms with van der Waals surface area (Å²) < 4.78 is 5.43. The van der Waals surface area contributed by atoms with Crippen LogP contribution in [0.25, 0.3) is 0 Å². The van der Waals surface area contributed by atoms with Gasteiger partial charge in [-0.15, -0.1) is 0 Å². The first-order valence-electron chi connectivity index (χ1n) is 6.16. The zero-order valence-electron chi connectivity index (χ0n) is 11.0. The van der Waals surface area contributed by atoms with E-state index in [0.29, 0.717) is 30.6 Å². The van der Waals surface area contributed by atoms with Crippen LogP contribution in [0.3, 0.4) is 0 Å². The number of thioether (sulfide) groups is 1. The van der Waals surface area contributed by atoms with E-state index < -0.39 is 12.0 Å². The summed E-state index contributed by atoms with van der Waals surface area (Å²) in [6.07, 6.45) is 1.42. The minimum atomic E-state index is -0.817. The van der Waals surface area contributed by atoms with Crippen LogP contribution in [0.2, 0.25) is 0 Å². The standard InChI is InChI=1S/C12H17N3O3S/c1-3-18-11-8(2)10(13-7-14-11)15-4-5-19-6-9(15)12(16)17/h7,9H,3-6H2,1-2H3,(H,16,17). The molecule has 0 bridgehead atoms. The number of aromatic nitrogens is 2. The average Bonchev–Trinajstić information content (AvgIpc) is 2.41. The van der Waals surface area contributed by atoms with Crippen molar-refractivity contribution >= 4 is 23.5 Å². The van der Waals surface area contributed by atoms with E-state index >= 15 is 0 Å². The fourth-order valence-corrected chi connectivity index (χ4v) is 3.10. The highest BCUT2D eigenvalue weighted by atomic mass is 32.2. The molecule has 0 radical (unpaired) electrons. The first-order valence-corrected chi connectivity index (χ1v) is 7.32. The summed E-state index contributed by atoms with van der Waals surface area (Å²) in [6, 6.07) is -0.540. The molecule has 1 saturated heterocycles. The summed E-state index contributed by atoms with van der Waals surface area (Å²) in [5.41, 5.74) is 0.794. The van der Waals surface area contributed by atoms with E-state index in [0.717, 1.165) is 11.3 Å². The molecule has 1 fully saturated rings. The minimum absolute atomic E-state index is 0.523. The number of hydrogen-bond acceptors (Lipinski definition) is 6. The van der Waals surface area contributed by atoms with Crippen molar-refractivity contribution in [2.24, 2.45) is 0 Å². The summed E-state index contributed by atoms with van der Waals surface area (Å²) in [4.78, 5) is 21.5. The molecule has 1 aliphatic rings. The predicted octanol–water partition coefficient (Wildman–Crippen LogP) is 1.19. The van der Waals surface area contributed by atoms with Crippen LogP contribution in [0.4, 0.5) is 5.82 Å². The highest BCUT2D eigenvalue weighted by molar-refractivity contribution is 7.99. The number of anilines is 1. The Morgan fingerprint density at radius 3 is 3.11 bits per heavy atom. The van der Waals surface area contributed by atoms with Crippen molar-refractivity contribution in [1.82, 2.24) is 9.97 Å². The SMILES string of the molecule is CCOc1ncnc(N2CCSCC2C(=O)O)c1C. The Kier molecular flexibility index (Phi) is 4.47. The molecule has 0 aromatic carbocycles. The van der Waals surface area contributed by atoms with Gasteiger partial charge in [0.15, 0.2) is 0 Å². The Labute approximate surface area is 116 Å². The smallest absolute Gasteiger partial charge is 0.327 e. The molecule has 1 unspecified atom stereocenters. The zero-order valence-corrected chi connectivity index (χ0v) is 11.8. The van der Waals surface area contributed by atoms with Gasteiger partial charge in [-0.1, -0.05) is 0 Å². The third-order valence-corrected chi connectivity index (χ3v) is 4.00. The fraction of sp³-hybridized carbons (Fsp3) is 0.583. The van der Waals surface area contributed by atoms with Gasteiger partial charge in [-0.05, 0) is 13.8 Å². The molecule has 0 saturated carbocycles. The van der Waals surface area contributed by atoms with Crippen molar-refractivity contribution in [3.63, 3.8) is 0 Å². The molecule has 1 aliphatic heterocycles. The molecule has 1 aromatic rings. The third kappa shape index (κ3) is 2.91. The monoisotopic (exact) mass is 283 g/mol. The van der Waals surface area contributed by atoms with Crippen molar-refractivity contribution in [1.29, 1.82) is 0 Å². The Bertz CT molecular complexity index is 470. The van der Waals surface area contributed by atoms with E-state index in [4.69, 9.17) is 4.74 Å². The number of carboxylic acids is 1. The molecular weight excluding hydrogens is 266 g/mol. The van der Waals surface area contributed by atoms with Crippen molar-refractivity contribution in [2.75, 3.05) is 29.6 Å². The van der Waals surface area contributed by atoms with Crippen LogP contribution >= 0.6 is 11.8 Å². The quantitative estimate of drug-likeness (QED) is 0.889. The molecule has 0 amide bonds. The molecule has 19 heavy (non-hydrogen) atoms. The van der Waals surface area contributed by atoms with Crippen LogP contribution in [0, 0.1) is 6.92 Å². The van der Waals surface area contributed by atoms with Gasteiger partial charge in [0.2, 0.25) is 5.88 Å². The van der Waals surface area contributed by atoms with Gasteiger partial charge in [0.05, 0.1) is 12.2 Å². The molecule has 2 rings (SSSR count). The van der Waals surface area contributed by atoms with Gasteiger partial charge < -0.3 is 14.7 Å². The van der Waals surface area contributed by atoms with Crippen LogP contribution in [0.1, 0.15) is 12.5 Å². The maximum atomic E-state index is 11.3. The van der Waals surface area contributed by atoms with Gasteiger partial charge in [0.1, 0.15) is 18.2 Å². The highest BCUT2D eigenvalue weighted by Gasteiger charge is 2.31. The lowest BCUT2D eigenvalue weighted by atomic mass is 10.2. The van der Waals surface area contributed by atoms with E-state index in [1.165, 1.54) is 6.33 Å². The normalized spacial score (nSPS) is 19.3. The molecule has 1 aromatic heterocycles. The lowest BCUT2D eigenvalue weighted by Gasteiger charge is -2.34. The molecule has 0 aliphatic carbocycles. The molecule has 0 spiro atoms. The molecule has 1 N–H and O–H groups in total. The van der Waals surface area contributed by atoms with Crippen molar-refractivity contribution in [3.8, 4) is 5.88 Å². The molecular formula is C12H17N3O3S. The Morgan fingerprint density at radius 2 is 2.42 bits per heavy atom. The van der Waals surface area contributed by atoms with Gasteiger partial charge >= 0.3 is 5.97 Å². The number of carbonyl (C=O) groups is 1. The molecule has 6 nitrogen and oxygen atoms in total. The van der Waals surface area contributed by atoms with Gasteiger partial charge in [-0.2, -0.15) is 11.8 Å². The van der Waals surface area contributed by atoms with Crippen LogP contribution in [-0.4, -0.2) is 51.7 Å². The Balaban J connectivity index is 2.33. The van der Waals surface area contributed by atoms with Crippen molar-refractivity contribution in [2.45, 2.75) is 19.9 Å². The average molecular weight is 283 g/mol. The molecule has 104 valence electrons. The van der Waals surface area contributed by atoms with Gasteiger partial charge in [0, 0.05) is 18.1 Å². The van der Waals surface area contributed by atoms with Crippen LogP contribution in [0.5, 0.6) is 5.88 Å². The first kappa shape index (κ1) is 13.9. The molecule has 2 heterocycles. The maximum absolute atomic E-state index is 11.3. The van der Waals surface area contributed by atoms with Crippen molar-refractivity contribution in [3.05, 3.63) is 11.9 Å². The van der Waals surface area contributed by atoms with E-state index in [-0.39, 0.29) is 0 Å². The number of rotatable bonds is 4. The summed E-state index contributed by atoms with van der Waals surface area (Å²) in [5.74, 6) is 1.84. The Morgan fingerprint density at radius 1 is 1.63 bits per heavy atom. The van der Waals surface area contributed by atoms with Gasteiger partial charge in [0.25, 0.3) is 0 Å². The third-order valence-electron chi connectivity index (χ3n) is 2.98. The maximum Gasteiger partial charge on any atom is 0.327 e. The predicted molar refractivity (Wildman–Crippen MR) is 74.0 cm³/mol. The topological polar surface area (TPSA) is 75.6 Å². The zero-order chi connectivity index (χ0) is 13.8. The largest absolute Gasteiger partial charge is 0.480 e. The summed E-state index contributed by atoms with van der Waals surface area (Å²) in [7, 11) is 0. The van der Waals surface area contributed by atoms with E-state index in [9.17, 15) is 9.90 Å². The lowest BCUT2D eigenvalue weighted by Crippen LogP contribution is -2.48. The van der Waals surface area contributed by atoms with E-state index in [1.54, 1.807) is 11.8 Å². The number of nitrogens with zero attached hydrogens (tertiary/aromatic N) is 3. The van der Waals surface area contributed by atoms with Gasteiger partial charge in [-0.3, -0.25) is 0 Å². The number of hydrogen-bond donors (Lipinski definition) is 1. The van der Waals surface area contributed by atoms with Crippen LogP contribution in [0.15, 0.2) is 6.33 Å². The summed E-state index contributed by atoms with van der Waals surface area (Å²) >= 11 is 1.65. The number of carboxylic acid groups (broad SMARTS) is 1. The lowest BCUT2D eigenvalue weighted by molar-refractivity contribution is -0.138. The van der Waals surface area contributed by atoms with E-state index in [2.05, 4.69) is 9.97 Å². The fourth-order valence-electron chi connectivity index (χ4n) is 2.06. The van der Waals surface area contributed by atoms with Crippen LogP contribution in [-0.2, 0) is 4.79 Å². The number of ether oxygens (including phenoxy) is 1. The summed E-state index contributed by atoms with van der Waals surface area (Å²) in [5, 5.41) is 9.30. The number of aliphatic carboxylic acids is 1. The molecule has 1 atom stereocenters. The second-order valence-electron chi connectivity index (χ2n) is 4.18. The molecule has 7 heteroatoms. The Hall–Kier alpha value is -1.50. The highest BCUT2D eigenvalue weighted by Crippen LogP contribution is 2.28. The second kappa shape index (κ2) is 6.10. The second-order valence-corrected chi connectivity index (χ2v) is 5.33. The first-order chi connectivity index (χ1) is 9.15. The minimum Gasteiger partial charge on any atom is -0.480 e.